The van der Waals surface area contributed by atoms with Crippen molar-refractivity contribution < 1.29 is 18.7 Å². The van der Waals surface area contributed by atoms with E-state index in [9.17, 15) is 9.59 Å². The number of anilines is 1. The predicted molar refractivity (Wildman–Crippen MR) is 117 cm³/mol. The van der Waals surface area contributed by atoms with Gasteiger partial charge in [-0.1, -0.05) is 29.8 Å². The molecule has 0 fully saturated rings. The van der Waals surface area contributed by atoms with Gasteiger partial charge >= 0.3 is 0 Å². The van der Waals surface area contributed by atoms with Crippen molar-refractivity contribution in [3.63, 3.8) is 0 Å². The van der Waals surface area contributed by atoms with Crippen molar-refractivity contribution in [2.24, 2.45) is 5.10 Å². The lowest BCUT2D eigenvalue weighted by Crippen LogP contribution is -2.31. The van der Waals surface area contributed by atoms with E-state index in [2.05, 4.69) is 10.4 Å². The first kappa shape index (κ1) is 20.4. The Bertz CT molecular complexity index is 1090. The van der Waals surface area contributed by atoms with E-state index in [1.807, 2.05) is 37.3 Å². The van der Waals surface area contributed by atoms with Gasteiger partial charge < -0.3 is 14.5 Å². The third-order valence-electron chi connectivity index (χ3n) is 4.96. The maximum absolute atomic E-state index is 13.0. The Kier molecular flexibility index (Phi) is 5.84. The highest BCUT2D eigenvalue weighted by Crippen LogP contribution is 2.33. The number of carbonyl (C=O) groups is 2. The maximum atomic E-state index is 13.0. The first-order valence-electron chi connectivity index (χ1n) is 10.00. The molecular weight excluding hydrogens is 394 g/mol. The number of hydrogen-bond acceptors (Lipinski definition) is 5. The van der Waals surface area contributed by atoms with E-state index < -0.39 is 0 Å². The second-order valence-corrected chi connectivity index (χ2v) is 7.38. The normalized spacial score (nSPS) is 15.5. The smallest absolute Gasteiger partial charge is 0.281 e. The summed E-state index contributed by atoms with van der Waals surface area (Å²) in [5.74, 6) is 0.788. The number of amides is 2. The molecule has 0 saturated carbocycles. The Labute approximate surface area is 180 Å². The molecule has 158 valence electrons. The number of rotatable bonds is 6. The van der Waals surface area contributed by atoms with Gasteiger partial charge in [-0.2, -0.15) is 5.10 Å². The van der Waals surface area contributed by atoms with Crippen LogP contribution in [-0.2, 0) is 9.59 Å². The molecule has 0 radical (unpaired) electrons. The fourth-order valence-corrected chi connectivity index (χ4v) is 3.41. The third kappa shape index (κ3) is 4.83. The average molecular weight is 417 g/mol. The molecule has 3 aromatic rings. The van der Waals surface area contributed by atoms with Gasteiger partial charge in [0.2, 0.25) is 5.91 Å². The zero-order chi connectivity index (χ0) is 21.8. The minimum Gasteiger partial charge on any atom is -0.484 e. The first-order chi connectivity index (χ1) is 15.0. The van der Waals surface area contributed by atoms with Gasteiger partial charge in [0.05, 0.1) is 12.0 Å². The molecule has 0 unspecified atom stereocenters. The van der Waals surface area contributed by atoms with Gasteiger partial charge in [0.1, 0.15) is 17.6 Å². The van der Waals surface area contributed by atoms with E-state index in [4.69, 9.17) is 9.15 Å². The quantitative estimate of drug-likeness (QED) is 0.648. The van der Waals surface area contributed by atoms with Crippen molar-refractivity contribution in [3.05, 3.63) is 83.8 Å². The van der Waals surface area contributed by atoms with Crippen LogP contribution >= 0.6 is 0 Å². The third-order valence-corrected chi connectivity index (χ3v) is 4.96. The Morgan fingerprint density at radius 3 is 2.52 bits per heavy atom. The molecule has 0 aliphatic carbocycles. The molecule has 1 N–H and O–H groups in total. The minimum atomic E-state index is -0.315. The summed E-state index contributed by atoms with van der Waals surface area (Å²) >= 11 is 0. The van der Waals surface area contributed by atoms with Gasteiger partial charge in [-0.25, -0.2) is 5.01 Å². The largest absolute Gasteiger partial charge is 0.484 e. The monoisotopic (exact) mass is 417 g/mol. The highest BCUT2D eigenvalue weighted by molar-refractivity contribution is 6.03. The number of benzene rings is 2. The standard InChI is InChI=1S/C24H23N3O4/c1-16-5-7-18(8-6-16)21-14-22(23-4-3-13-30-23)27(26-21)24(29)15-31-20-11-9-19(10-12-20)25-17(2)28/h3-13,22H,14-15H2,1-2H3,(H,25,28)/t22-/m0/s1. The Balaban J connectivity index is 1.48. The number of nitrogens with zero attached hydrogens (tertiary/aromatic N) is 2. The molecule has 1 aliphatic heterocycles. The Morgan fingerprint density at radius 2 is 1.87 bits per heavy atom. The molecule has 2 amide bonds. The van der Waals surface area contributed by atoms with Crippen LogP contribution in [0.5, 0.6) is 5.75 Å². The highest BCUT2D eigenvalue weighted by atomic mass is 16.5. The minimum absolute atomic E-state index is 0.149. The molecule has 4 rings (SSSR count). The van der Waals surface area contributed by atoms with E-state index in [-0.39, 0.29) is 24.5 Å². The number of hydrogen-bond donors (Lipinski definition) is 1. The number of nitrogens with one attached hydrogen (secondary N) is 1. The Morgan fingerprint density at radius 1 is 1.13 bits per heavy atom. The summed E-state index contributed by atoms with van der Waals surface area (Å²) in [5, 5.41) is 8.73. The molecule has 0 bridgehead atoms. The molecule has 7 heteroatoms. The van der Waals surface area contributed by atoms with Gasteiger partial charge in [0.15, 0.2) is 6.61 Å². The highest BCUT2D eigenvalue weighted by Gasteiger charge is 2.35. The number of hydrazone groups is 1. The predicted octanol–water partition coefficient (Wildman–Crippen LogP) is 4.30. The lowest BCUT2D eigenvalue weighted by Gasteiger charge is -2.20. The molecule has 1 aromatic heterocycles. The summed E-state index contributed by atoms with van der Waals surface area (Å²) in [6.07, 6.45) is 2.16. The zero-order valence-electron chi connectivity index (χ0n) is 17.4. The molecule has 2 heterocycles. The average Bonchev–Trinajstić information content (AvgIpc) is 3.43. The summed E-state index contributed by atoms with van der Waals surface area (Å²) in [6, 6.07) is 18.2. The lowest BCUT2D eigenvalue weighted by atomic mass is 10.0. The van der Waals surface area contributed by atoms with Crippen molar-refractivity contribution in [2.75, 3.05) is 11.9 Å². The summed E-state index contributed by atoms with van der Waals surface area (Å²) in [4.78, 5) is 24.1. The fourth-order valence-electron chi connectivity index (χ4n) is 3.41. The molecule has 0 spiro atoms. The molecule has 1 aliphatic rings. The zero-order valence-corrected chi connectivity index (χ0v) is 17.4. The number of carbonyl (C=O) groups excluding carboxylic acids is 2. The van der Waals surface area contributed by atoms with E-state index in [0.29, 0.717) is 23.6 Å². The van der Waals surface area contributed by atoms with E-state index >= 15 is 0 Å². The van der Waals surface area contributed by atoms with Crippen molar-refractivity contribution in [3.8, 4) is 5.75 Å². The van der Waals surface area contributed by atoms with Crippen LogP contribution < -0.4 is 10.1 Å². The topological polar surface area (TPSA) is 84.1 Å². The second kappa shape index (κ2) is 8.87. The van der Waals surface area contributed by atoms with E-state index in [1.54, 1.807) is 36.6 Å². The number of furan rings is 1. The second-order valence-electron chi connectivity index (χ2n) is 7.38. The van der Waals surface area contributed by atoms with Crippen LogP contribution in [0.4, 0.5) is 5.69 Å². The van der Waals surface area contributed by atoms with Crippen LogP contribution in [0.2, 0.25) is 0 Å². The molecular formula is C24H23N3O4. The fraction of sp³-hybridized carbons (Fsp3) is 0.208. The van der Waals surface area contributed by atoms with Crippen LogP contribution in [0, 0.1) is 6.92 Å². The van der Waals surface area contributed by atoms with Gasteiger partial charge in [-0.3, -0.25) is 9.59 Å². The van der Waals surface area contributed by atoms with Gasteiger partial charge in [0, 0.05) is 19.0 Å². The summed E-state index contributed by atoms with van der Waals surface area (Å²) < 4.78 is 11.2. The van der Waals surface area contributed by atoms with Crippen LogP contribution in [0.1, 0.15) is 36.3 Å². The molecule has 0 saturated heterocycles. The maximum Gasteiger partial charge on any atom is 0.281 e. The Hall–Kier alpha value is -3.87. The van der Waals surface area contributed by atoms with Gasteiger partial charge in [0.25, 0.3) is 5.91 Å². The molecule has 1 atom stereocenters. The molecule has 2 aromatic carbocycles. The van der Waals surface area contributed by atoms with Crippen molar-refractivity contribution in [1.29, 1.82) is 0 Å². The van der Waals surface area contributed by atoms with Crippen molar-refractivity contribution in [1.82, 2.24) is 5.01 Å². The SMILES string of the molecule is CC(=O)Nc1ccc(OCC(=O)N2N=C(c3ccc(C)cc3)C[C@H]2c2ccco2)cc1. The van der Waals surface area contributed by atoms with E-state index in [1.165, 1.54) is 11.9 Å². The molecule has 31 heavy (non-hydrogen) atoms. The summed E-state index contributed by atoms with van der Waals surface area (Å²) in [6.45, 7) is 3.31. The van der Waals surface area contributed by atoms with E-state index in [0.717, 1.165) is 16.8 Å². The van der Waals surface area contributed by atoms with Gasteiger partial charge in [-0.15, -0.1) is 0 Å². The first-order valence-corrected chi connectivity index (χ1v) is 10.00. The summed E-state index contributed by atoms with van der Waals surface area (Å²) in [7, 11) is 0. The number of ether oxygens (including phenoxy) is 1. The van der Waals surface area contributed by atoms with Crippen molar-refractivity contribution in [2.45, 2.75) is 26.3 Å². The van der Waals surface area contributed by atoms with Crippen LogP contribution in [-0.4, -0.2) is 29.1 Å². The summed E-state index contributed by atoms with van der Waals surface area (Å²) in [5.41, 5.74) is 3.63. The lowest BCUT2D eigenvalue weighted by molar-refractivity contribution is -0.135. The van der Waals surface area contributed by atoms with Crippen LogP contribution in [0.25, 0.3) is 0 Å². The van der Waals surface area contributed by atoms with Crippen LogP contribution in [0.3, 0.4) is 0 Å². The van der Waals surface area contributed by atoms with Crippen LogP contribution in [0.15, 0.2) is 76.4 Å². The molecule has 7 nitrogen and oxygen atoms in total. The van der Waals surface area contributed by atoms with Gasteiger partial charge in [-0.05, 0) is 48.9 Å². The van der Waals surface area contributed by atoms with Crippen molar-refractivity contribution >= 4 is 23.2 Å². The number of aryl methyl sites for hydroxylation is 1.